The molecule has 0 saturated carbocycles. The summed E-state index contributed by atoms with van der Waals surface area (Å²) >= 11 is 7.07. The Kier molecular flexibility index (Phi) is 6.27. The average Bonchev–Trinajstić information content (AvgIpc) is 3.07. The fourth-order valence-corrected chi connectivity index (χ4v) is 3.19. The number of methoxy groups -OCH3 is 2. The van der Waals surface area contributed by atoms with Crippen LogP contribution in [0.25, 0.3) is 11.4 Å². The molecule has 3 aromatic rings. The van der Waals surface area contributed by atoms with Gasteiger partial charge in [0.05, 0.1) is 20.0 Å². The van der Waals surface area contributed by atoms with E-state index in [4.69, 9.17) is 26.9 Å². The number of nitrogens with one attached hydrogen (secondary N) is 1. The van der Waals surface area contributed by atoms with Gasteiger partial charge < -0.3 is 20.6 Å². The first-order chi connectivity index (χ1) is 13.5. The van der Waals surface area contributed by atoms with E-state index in [0.29, 0.717) is 33.2 Å². The zero-order valence-corrected chi connectivity index (χ0v) is 16.8. The largest absolute Gasteiger partial charge is 0.493 e. The summed E-state index contributed by atoms with van der Waals surface area (Å²) in [4.78, 5) is 12.2. The summed E-state index contributed by atoms with van der Waals surface area (Å²) in [6.45, 7) is 0. The highest BCUT2D eigenvalue weighted by atomic mass is 35.5. The van der Waals surface area contributed by atoms with Crippen molar-refractivity contribution in [3.05, 3.63) is 47.5 Å². The highest BCUT2D eigenvalue weighted by molar-refractivity contribution is 7.99. The summed E-state index contributed by atoms with van der Waals surface area (Å²) in [6, 6.07) is 12.2. The van der Waals surface area contributed by atoms with Gasteiger partial charge in [-0.1, -0.05) is 23.4 Å². The van der Waals surface area contributed by atoms with E-state index in [1.54, 1.807) is 49.6 Å². The average molecular weight is 420 g/mol. The fraction of sp³-hybridized carbons (Fsp3) is 0.167. The molecule has 3 N–H and O–H groups in total. The first-order valence-corrected chi connectivity index (χ1v) is 9.49. The van der Waals surface area contributed by atoms with Gasteiger partial charge in [0.2, 0.25) is 11.1 Å². The standard InChI is InChI=1S/C18H18ClN5O3S/c1-26-14-8-7-13(9-15(14)27-2)21-16(25)10-28-18-23-22-17(24(18)20)11-3-5-12(19)6-4-11/h3-9H,10,20H2,1-2H3,(H,21,25). The number of hydrogen-bond donors (Lipinski definition) is 2. The lowest BCUT2D eigenvalue weighted by Crippen LogP contribution is -2.16. The number of aromatic nitrogens is 3. The topological polar surface area (TPSA) is 104 Å². The zero-order chi connectivity index (χ0) is 20.1. The molecule has 8 nitrogen and oxygen atoms in total. The maximum absolute atomic E-state index is 12.2. The molecular weight excluding hydrogens is 402 g/mol. The van der Waals surface area contributed by atoms with Gasteiger partial charge in [0.1, 0.15) is 0 Å². The number of amides is 1. The Labute approximate surface area is 171 Å². The molecule has 0 spiro atoms. The van der Waals surface area contributed by atoms with E-state index in [0.717, 1.165) is 5.56 Å². The summed E-state index contributed by atoms with van der Waals surface area (Å²) in [6.07, 6.45) is 0. The summed E-state index contributed by atoms with van der Waals surface area (Å²) < 4.78 is 11.8. The van der Waals surface area contributed by atoms with E-state index in [9.17, 15) is 4.79 Å². The Morgan fingerprint density at radius 1 is 1.14 bits per heavy atom. The maximum atomic E-state index is 12.2. The van der Waals surface area contributed by atoms with Crippen LogP contribution in [-0.4, -0.2) is 40.8 Å². The fourth-order valence-electron chi connectivity index (χ4n) is 2.41. The third kappa shape index (κ3) is 4.49. The molecule has 0 saturated heterocycles. The molecule has 1 amide bonds. The van der Waals surface area contributed by atoms with Crippen LogP contribution in [0.2, 0.25) is 5.02 Å². The number of hydrogen-bond acceptors (Lipinski definition) is 7. The molecule has 3 rings (SSSR count). The normalized spacial score (nSPS) is 10.5. The van der Waals surface area contributed by atoms with Crippen molar-refractivity contribution in [1.82, 2.24) is 14.9 Å². The van der Waals surface area contributed by atoms with Crippen LogP contribution in [0.15, 0.2) is 47.6 Å². The van der Waals surface area contributed by atoms with Crippen LogP contribution in [0.4, 0.5) is 5.69 Å². The third-order valence-corrected chi connectivity index (χ3v) is 4.96. The predicted octanol–water partition coefficient (Wildman–Crippen LogP) is 3.06. The van der Waals surface area contributed by atoms with E-state index >= 15 is 0 Å². The van der Waals surface area contributed by atoms with Crippen molar-refractivity contribution in [3.63, 3.8) is 0 Å². The Bertz CT molecular complexity index is 978. The molecule has 0 atom stereocenters. The van der Waals surface area contributed by atoms with Crippen LogP contribution >= 0.6 is 23.4 Å². The number of nitrogens with zero attached hydrogens (tertiary/aromatic N) is 3. The predicted molar refractivity (Wildman–Crippen MR) is 110 cm³/mol. The lowest BCUT2D eigenvalue weighted by molar-refractivity contribution is -0.113. The molecule has 10 heteroatoms. The van der Waals surface area contributed by atoms with Crippen molar-refractivity contribution in [2.45, 2.75) is 5.16 Å². The molecule has 1 aromatic heterocycles. The van der Waals surface area contributed by atoms with Gasteiger partial charge in [-0.15, -0.1) is 10.2 Å². The lowest BCUT2D eigenvalue weighted by atomic mass is 10.2. The van der Waals surface area contributed by atoms with Gasteiger partial charge in [-0.3, -0.25) is 4.79 Å². The van der Waals surface area contributed by atoms with Crippen molar-refractivity contribution >= 4 is 35.0 Å². The maximum Gasteiger partial charge on any atom is 0.234 e. The van der Waals surface area contributed by atoms with Gasteiger partial charge in [0, 0.05) is 22.3 Å². The number of carbonyl (C=O) groups excluding carboxylic acids is 1. The quantitative estimate of drug-likeness (QED) is 0.448. The second-order valence-electron chi connectivity index (χ2n) is 5.59. The van der Waals surface area contributed by atoms with Crippen molar-refractivity contribution < 1.29 is 14.3 Å². The molecule has 0 aliphatic rings. The van der Waals surface area contributed by atoms with E-state index in [1.165, 1.54) is 23.5 Å². The summed E-state index contributed by atoms with van der Waals surface area (Å²) in [7, 11) is 3.08. The van der Waals surface area contributed by atoms with Crippen molar-refractivity contribution in [2.24, 2.45) is 0 Å². The van der Waals surface area contributed by atoms with Gasteiger partial charge in [-0.25, -0.2) is 4.68 Å². The van der Waals surface area contributed by atoms with E-state index in [1.807, 2.05) is 0 Å². The van der Waals surface area contributed by atoms with Gasteiger partial charge in [-0.2, -0.15) is 0 Å². The highest BCUT2D eigenvalue weighted by Gasteiger charge is 2.14. The monoisotopic (exact) mass is 419 g/mol. The van der Waals surface area contributed by atoms with E-state index in [-0.39, 0.29) is 11.7 Å². The number of halogens is 1. The minimum Gasteiger partial charge on any atom is -0.493 e. The van der Waals surface area contributed by atoms with Gasteiger partial charge in [-0.05, 0) is 36.4 Å². The molecule has 0 fully saturated rings. The lowest BCUT2D eigenvalue weighted by Gasteiger charge is -2.10. The number of anilines is 1. The number of nitrogen functional groups attached to an aromatic ring is 1. The van der Waals surface area contributed by atoms with Crippen molar-refractivity contribution in [2.75, 3.05) is 31.1 Å². The Morgan fingerprint density at radius 3 is 2.54 bits per heavy atom. The van der Waals surface area contributed by atoms with Gasteiger partial charge in [0.15, 0.2) is 17.3 Å². The van der Waals surface area contributed by atoms with Gasteiger partial charge >= 0.3 is 0 Å². The summed E-state index contributed by atoms with van der Waals surface area (Å²) in [5.41, 5.74) is 1.38. The van der Waals surface area contributed by atoms with Crippen LogP contribution in [0.5, 0.6) is 11.5 Å². The number of thioether (sulfide) groups is 1. The summed E-state index contributed by atoms with van der Waals surface area (Å²) in [5.74, 6) is 7.56. The summed E-state index contributed by atoms with van der Waals surface area (Å²) in [5, 5.41) is 12.0. The van der Waals surface area contributed by atoms with E-state index in [2.05, 4.69) is 15.5 Å². The molecular formula is C18H18ClN5O3S. The second kappa shape index (κ2) is 8.85. The Morgan fingerprint density at radius 2 is 1.86 bits per heavy atom. The minimum atomic E-state index is -0.215. The highest BCUT2D eigenvalue weighted by Crippen LogP contribution is 2.30. The molecule has 2 aromatic carbocycles. The molecule has 0 unspecified atom stereocenters. The number of nitrogens with two attached hydrogens (primary N) is 1. The zero-order valence-electron chi connectivity index (χ0n) is 15.2. The smallest absolute Gasteiger partial charge is 0.234 e. The molecule has 28 heavy (non-hydrogen) atoms. The molecule has 0 aliphatic heterocycles. The number of carbonyl (C=O) groups is 1. The number of rotatable bonds is 7. The molecule has 1 heterocycles. The SMILES string of the molecule is COc1ccc(NC(=O)CSc2nnc(-c3ccc(Cl)cc3)n2N)cc1OC. The molecule has 146 valence electrons. The minimum absolute atomic E-state index is 0.115. The van der Waals surface area contributed by atoms with Gasteiger partial charge in [0.25, 0.3) is 0 Å². The molecule has 0 radical (unpaired) electrons. The van der Waals surface area contributed by atoms with Crippen LogP contribution < -0.4 is 20.6 Å². The van der Waals surface area contributed by atoms with Crippen molar-refractivity contribution in [3.8, 4) is 22.9 Å². The van der Waals surface area contributed by atoms with Crippen LogP contribution in [0, 0.1) is 0 Å². The van der Waals surface area contributed by atoms with E-state index < -0.39 is 0 Å². The first kappa shape index (κ1) is 19.8. The molecule has 0 bridgehead atoms. The first-order valence-electron chi connectivity index (χ1n) is 8.13. The van der Waals surface area contributed by atoms with Crippen LogP contribution in [-0.2, 0) is 4.79 Å². The van der Waals surface area contributed by atoms with Crippen LogP contribution in [0.1, 0.15) is 0 Å². The third-order valence-electron chi connectivity index (χ3n) is 3.77. The Balaban J connectivity index is 1.63. The number of ether oxygens (including phenoxy) is 2. The van der Waals surface area contributed by atoms with Crippen LogP contribution in [0.3, 0.4) is 0 Å². The Hall–Kier alpha value is -2.91. The second-order valence-corrected chi connectivity index (χ2v) is 6.97. The number of benzene rings is 2. The molecule has 0 aliphatic carbocycles. The van der Waals surface area contributed by atoms with Crippen molar-refractivity contribution in [1.29, 1.82) is 0 Å².